The standard InChI is InChI=1S/C12H28N2/c1-6-7-12(5,13)9-14-8-11(4)10(2)3/h10-11,14H,6-9,13H2,1-5H3. The largest absolute Gasteiger partial charge is 0.324 e. The SMILES string of the molecule is CCCC(C)(N)CNCC(C)C(C)C. The molecule has 0 fully saturated rings. The van der Waals surface area contributed by atoms with E-state index in [9.17, 15) is 0 Å². The molecule has 3 N–H and O–H groups in total. The van der Waals surface area contributed by atoms with E-state index in [1.807, 2.05) is 0 Å². The van der Waals surface area contributed by atoms with E-state index in [1.165, 1.54) is 0 Å². The van der Waals surface area contributed by atoms with E-state index in [2.05, 4.69) is 39.9 Å². The van der Waals surface area contributed by atoms with Crippen LogP contribution >= 0.6 is 0 Å². The fourth-order valence-corrected chi connectivity index (χ4v) is 1.48. The minimum absolute atomic E-state index is 0.0363. The first-order chi connectivity index (χ1) is 6.39. The Hall–Kier alpha value is -0.0800. The molecule has 2 heteroatoms. The lowest BCUT2D eigenvalue weighted by molar-refractivity contribution is 0.347. The van der Waals surface area contributed by atoms with Crippen LogP contribution in [0.3, 0.4) is 0 Å². The van der Waals surface area contributed by atoms with Gasteiger partial charge in [-0.1, -0.05) is 34.1 Å². The highest BCUT2D eigenvalue weighted by Crippen LogP contribution is 2.10. The molecule has 0 saturated heterocycles. The van der Waals surface area contributed by atoms with E-state index in [1.54, 1.807) is 0 Å². The maximum absolute atomic E-state index is 6.13. The summed E-state index contributed by atoms with van der Waals surface area (Å²) in [6.45, 7) is 13.1. The van der Waals surface area contributed by atoms with Crippen LogP contribution in [0.15, 0.2) is 0 Å². The number of rotatable bonds is 7. The minimum Gasteiger partial charge on any atom is -0.324 e. The lowest BCUT2D eigenvalue weighted by Crippen LogP contribution is -2.47. The van der Waals surface area contributed by atoms with Crippen LogP contribution in [0.25, 0.3) is 0 Å². The Labute approximate surface area is 89.6 Å². The third kappa shape index (κ3) is 6.39. The second-order valence-corrected chi connectivity index (χ2v) is 5.26. The van der Waals surface area contributed by atoms with Crippen molar-refractivity contribution in [1.82, 2.24) is 5.32 Å². The summed E-state index contributed by atoms with van der Waals surface area (Å²) in [5.74, 6) is 1.48. The zero-order chi connectivity index (χ0) is 11.2. The number of nitrogens with two attached hydrogens (primary N) is 1. The van der Waals surface area contributed by atoms with Gasteiger partial charge in [-0.05, 0) is 31.7 Å². The molecule has 0 aliphatic heterocycles. The molecule has 0 aromatic carbocycles. The molecule has 0 aliphatic rings. The van der Waals surface area contributed by atoms with Crippen molar-refractivity contribution in [3.63, 3.8) is 0 Å². The van der Waals surface area contributed by atoms with Crippen molar-refractivity contribution in [3.05, 3.63) is 0 Å². The van der Waals surface area contributed by atoms with Gasteiger partial charge >= 0.3 is 0 Å². The van der Waals surface area contributed by atoms with Crippen LogP contribution in [0.1, 0.15) is 47.5 Å². The van der Waals surface area contributed by atoms with E-state index >= 15 is 0 Å². The van der Waals surface area contributed by atoms with Gasteiger partial charge in [0.2, 0.25) is 0 Å². The predicted octanol–water partition coefficient (Wildman–Crippen LogP) is 2.39. The van der Waals surface area contributed by atoms with E-state index in [0.29, 0.717) is 0 Å². The third-order valence-corrected chi connectivity index (χ3v) is 2.95. The van der Waals surface area contributed by atoms with Gasteiger partial charge in [-0.3, -0.25) is 0 Å². The van der Waals surface area contributed by atoms with E-state index in [0.717, 1.165) is 37.8 Å². The monoisotopic (exact) mass is 200 g/mol. The third-order valence-electron chi connectivity index (χ3n) is 2.95. The van der Waals surface area contributed by atoms with Crippen molar-refractivity contribution in [2.45, 2.75) is 53.0 Å². The predicted molar refractivity (Wildman–Crippen MR) is 64.4 cm³/mol. The Morgan fingerprint density at radius 2 is 1.86 bits per heavy atom. The van der Waals surface area contributed by atoms with Crippen LogP contribution in [0.2, 0.25) is 0 Å². The average molecular weight is 200 g/mol. The van der Waals surface area contributed by atoms with Gasteiger partial charge in [0.05, 0.1) is 0 Å². The van der Waals surface area contributed by atoms with Crippen molar-refractivity contribution < 1.29 is 0 Å². The lowest BCUT2D eigenvalue weighted by Gasteiger charge is -2.26. The van der Waals surface area contributed by atoms with Crippen LogP contribution < -0.4 is 11.1 Å². The Morgan fingerprint density at radius 1 is 1.29 bits per heavy atom. The highest BCUT2D eigenvalue weighted by Gasteiger charge is 2.17. The molecule has 14 heavy (non-hydrogen) atoms. The second-order valence-electron chi connectivity index (χ2n) is 5.26. The molecule has 0 spiro atoms. The normalized spacial score (nSPS) is 18.2. The summed E-state index contributed by atoms with van der Waals surface area (Å²) in [5.41, 5.74) is 6.09. The summed E-state index contributed by atoms with van der Waals surface area (Å²) in [7, 11) is 0. The maximum Gasteiger partial charge on any atom is 0.0252 e. The summed E-state index contributed by atoms with van der Waals surface area (Å²) < 4.78 is 0. The van der Waals surface area contributed by atoms with Crippen LogP contribution in [0, 0.1) is 11.8 Å². The van der Waals surface area contributed by atoms with Crippen molar-refractivity contribution in [1.29, 1.82) is 0 Å². The van der Waals surface area contributed by atoms with Gasteiger partial charge in [0.1, 0.15) is 0 Å². The Kier molecular flexibility index (Phi) is 6.38. The van der Waals surface area contributed by atoms with Crippen LogP contribution in [-0.4, -0.2) is 18.6 Å². The molecule has 86 valence electrons. The van der Waals surface area contributed by atoms with Gasteiger partial charge in [-0.2, -0.15) is 0 Å². The Bertz CT molecular complexity index is 141. The zero-order valence-corrected chi connectivity index (χ0v) is 10.6. The summed E-state index contributed by atoms with van der Waals surface area (Å²) in [5, 5.41) is 3.47. The van der Waals surface area contributed by atoms with Gasteiger partial charge in [-0.15, -0.1) is 0 Å². The topological polar surface area (TPSA) is 38.0 Å². The molecule has 0 bridgehead atoms. The van der Waals surface area contributed by atoms with Crippen molar-refractivity contribution >= 4 is 0 Å². The molecule has 0 heterocycles. The van der Waals surface area contributed by atoms with E-state index in [-0.39, 0.29) is 5.54 Å². The molecular weight excluding hydrogens is 172 g/mol. The quantitative estimate of drug-likeness (QED) is 0.662. The van der Waals surface area contributed by atoms with Crippen molar-refractivity contribution in [3.8, 4) is 0 Å². The molecule has 2 nitrogen and oxygen atoms in total. The van der Waals surface area contributed by atoms with E-state index < -0.39 is 0 Å². The number of hydrogen-bond donors (Lipinski definition) is 2. The highest BCUT2D eigenvalue weighted by molar-refractivity contribution is 4.80. The summed E-state index contributed by atoms with van der Waals surface area (Å²) >= 11 is 0. The first kappa shape index (κ1) is 13.9. The van der Waals surface area contributed by atoms with Gasteiger partial charge in [-0.25, -0.2) is 0 Å². The molecular formula is C12H28N2. The molecule has 0 aromatic heterocycles. The van der Waals surface area contributed by atoms with Gasteiger partial charge < -0.3 is 11.1 Å². The van der Waals surface area contributed by atoms with Crippen LogP contribution in [-0.2, 0) is 0 Å². The second kappa shape index (κ2) is 6.41. The molecule has 2 unspecified atom stereocenters. The summed E-state index contributed by atoms with van der Waals surface area (Å²) in [6, 6.07) is 0. The molecule has 0 aromatic rings. The Balaban J connectivity index is 3.62. The molecule has 0 aliphatic carbocycles. The molecule has 0 rings (SSSR count). The smallest absolute Gasteiger partial charge is 0.0252 e. The molecule has 0 amide bonds. The first-order valence-electron chi connectivity index (χ1n) is 5.88. The van der Waals surface area contributed by atoms with Crippen LogP contribution in [0.4, 0.5) is 0 Å². The van der Waals surface area contributed by atoms with Crippen molar-refractivity contribution in [2.75, 3.05) is 13.1 Å². The van der Waals surface area contributed by atoms with Crippen molar-refractivity contribution in [2.24, 2.45) is 17.6 Å². The highest BCUT2D eigenvalue weighted by atomic mass is 14.9. The first-order valence-corrected chi connectivity index (χ1v) is 5.88. The number of hydrogen-bond acceptors (Lipinski definition) is 2. The molecule has 0 saturated carbocycles. The molecule has 2 atom stereocenters. The lowest BCUT2D eigenvalue weighted by atomic mass is 9.95. The summed E-state index contributed by atoms with van der Waals surface area (Å²) in [6.07, 6.45) is 2.25. The fraction of sp³-hybridized carbons (Fsp3) is 1.00. The average Bonchev–Trinajstić information content (AvgIpc) is 2.03. The zero-order valence-electron chi connectivity index (χ0n) is 10.6. The minimum atomic E-state index is -0.0363. The fourth-order valence-electron chi connectivity index (χ4n) is 1.48. The maximum atomic E-state index is 6.13. The van der Waals surface area contributed by atoms with Gasteiger partial charge in [0.15, 0.2) is 0 Å². The summed E-state index contributed by atoms with van der Waals surface area (Å²) in [4.78, 5) is 0. The number of nitrogens with one attached hydrogen (secondary N) is 1. The van der Waals surface area contributed by atoms with Gasteiger partial charge in [0, 0.05) is 12.1 Å². The van der Waals surface area contributed by atoms with Gasteiger partial charge in [0.25, 0.3) is 0 Å². The van der Waals surface area contributed by atoms with E-state index in [4.69, 9.17) is 5.73 Å². The molecule has 0 radical (unpaired) electrons. The van der Waals surface area contributed by atoms with Crippen LogP contribution in [0.5, 0.6) is 0 Å². The Morgan fingerprint density at radius 3 is 2.29 bits per heavy atom.